The van der Waals surface area contributed by atoms with Crippen molar-refractivity contribution < 1.29 is 22.9 Å². The smallest absolute Gasteiger partial charge is 0.370 e. The fourth-order valence-corrected chi connectivity index (χ4v) is 1.99. The lowest BCUT2D eigenvalue weighted by Gasteiger charge is -2.17. The minimum absolute atomic E-state index is 0.172. The third-order valence-electron chi connectivity index (χ3n) is 1.79. The van der Waals surface area contributed by atoms with Gasteiger partial charge in [0, 0.05) is 0 Å². The van der Waals surface area contributed by atoms with E-state index in [2.05, 4.69) is 0 Å². The molecule has 0 aliphatic carbocycles. The molecule has 0 radical (unpaired) electrons. The van der Waals surface area contributed by atoms with Gasteiger partial charge in [-0.1, -0.05) is 13.8 Å². The van der Waals surface area contributed by atoms with Gasteiger partial charge in [0.1, 0.15) is 0 Å². The molecule has 0 bridgehead atoms. The second kappa shape index (κ2) is 6.99. The monoisotopic (exact) mass is 238 g/mol. The van der Waals surface area contributed by atoms with E-state index < -0.39 is 13.8 Å². The number of carbonyl (C=O) groups excluding carboxylic acids is 1. The van der Waals surface area contributed by atoms with Crippen LogP contribution < -0.4 is 0 Å². The molecule has 90 valence electrons. The van der Waals surface area contributed by atoms with Crippen LogP contribution in [0.1, 0.15) is 34.1 Å². The fourth-order valence-electron chi connectivity index (χ4n) is 0.773. The molecule has 0 heterocycles. The Kier molecular flexibility index (Phi) is 6.81. The van der Waals surface area contributed by atoms with Crippen molar-refractivity contribution in [2.45, 2.75) is 34.1 Å². The molecule has 0 saturated heterocycles. The lowest BCUT2D eigenvalue weighted by atomic mass is 10.1. The zero-order chi connectivity index (χ0) is 11.9. The van der Waals surface area contributed by atoms with E-state index in [1.165, 1.54) is 0 Å². The number of hydrogen-bond donors (Lipinski definition) is 0. The highest BCUT2D eigenvalue weighted by molar-refractivity contribution is 7.49. The second-order valence-electron chi connectivity index (χ2n) is 3.00. The molecule has 1 atom stereocenters. The number of carbonyl (C=O) groups is 1. The summed E-state index contributed by atoms with van der Waals surface area (Å²) in [5, 5.41) is 0. The van der Waals surface area contributed by atoms with Gasteiger partial charge in [-0.25, -0.2) is 4.57 Å². The van der Waals surface area contributed by atoms with E-state index in [9.17, 15) is 9.36 Å². The maximum atomic E-state index is 11.8. The molecule has 5 nitrogen and oxygen atoms in total. The van der Waals surface area contributed by atoms with Gasteiger partial charge in [-0.2, -0.15) is 0 Å². The molecule has 0 saturated carbocycles. The summed E-state index contributed by atoms with van der Waals surface area (Å²) in [5.74, 6) is -0.859. The largest absolute Gasteiger partial charge is 0.532 e. The predicted octanol–water partition coefficient (Wildman–Crippen LogP) is 2.76. The Morgan fingerprint density at radius 3 is 2.00 bits per heavy atom. The quantitative estimate of drug-likeness (QED) is 0.638. The van der Waals surface area contributed by atoms with Crippen LogP contribution in [0.25, 0.3) is 0 Å². The Bertz CT molecular complexity index is 231. The highest BCUT2D eigenvalue weighted by atomic mass is 31.2. The van der Waals surface area contributed by atoms with Crippen LogP contribution in [-0.2, 0) is 22.9 Å². The topological polar surface area (TPSA) is 61.8 Å². The van der Waals surface area contributed by atoms with Crippen molar-refractivity contribution in [2.75, 3.05) is 13.2 Å². The first-order valence-corrected chi connectivity index (χ1v) is 6.57. The molecule has 0 aliphatic heterocycles. The molecule has 0 spiro atoms. The standard InChI is InChI=1S/C9H19O5P/c1-5-8(4)9(10)14-15(11,12-6-2)13-7-3/h8H,5-7H2,1-4H3. The van der Waals surface area contributed by atoms with Gasteiger partial charge in [-0.15, -0.1) is 0 Å². The van der Waals surface area contributed by atoms with E-state index in [1.54, 1.807) is 20.8 Å². The summed E-state index contributed by atoms with van der Waals surface area (Å²) < 4.78 is 26.2. The Labute approximate surface area is 90.7 Å². The molecule has 0 N–H and O–H groups in total. The molecule has 1 unspecified atom stereocenters. The highest BCUT2D eigenvalue weighted by Gasteiger charge is 2.31. The Morgan fingerprint density at radius 2 is 1.67 bits per heavy atom. The maximum Gasteiger partial charge on any atom is 0.532 e. The van der Waals surface area contributed by atoms with Crippen molar-refractivity contribution in [3.63, 3.8) is 0 Å². The average molecular weight is 238 g/mol. The van der Waals surface area contributed by atoms with Crippen LogP contribution in [0.3, 0.4) is 0 Å². The second-order valence-corrected chi connectivity index (χ2v) is 4.60. The summed E-state index contributed by atoms with van der Waals surface area (Å²) in [4.78, 5) is 11.4. The third-order valence-corrected chi connectivity index (χ3v) is 3.34. The number of rotatable bonds is 7. The van der Waals surface area contributed by atoms with Crippen molar-refractivity contribution in [2.24, 2.45) is 5.92 Å². The molecule has 0 aliphatic rings. The Balaban J connectivity index is 4.40. The average Bonchev–Trinajstić information content (AvgIpc) is 2.16. The lowest BCUT2D eigenvalue weighted by Crippen LogP contribution is -2.14. The van der Waals surface area contributed by atoms with E-state index in [1.807, 2.05) is 6.92 Å². The maximum absolute atomic E-state index is 11.8. The van der Waals surface area contributed by atoms with Crippen molar-refractivity contribution in [1.29, 1.82) is 0 Å². The third kappa shape index (κ3) is 5.30. The highest BCUT2D eigenvalue weighted by Crippen LogP contribution is 2.49. The summed E-state index contributed by atoms with van der Waals surface area (Å²) in [6.07, 6.45) is 0.622. The van der Waals surface area contributed by atoms with E-state index in [-0.39, 0.29) is 19.1 Å². The first-order chi connectivity index (χ1) is 6.99. The molecule has 15 heavy (non-hydrogen) atoms. The van der Waals surface area contributed by atoms with Crippen LogP contribution in [0.4, 0.5) is 0 Å². The molecular formula is C9H19O5P. The van der Waals surface area contributed by atoms with Crippen LogP contribution in [0.2, 0.25) is 0 Å². The zero-order valence-corrected chi connectivity index (χ0v) is 10.6. The van der Waals surface area contributed by atoms with Crippen LogP contribution >= 0.6 is 7.82 Å². The first-order valence-electron chi connectivity index (χ1n) is 5.11. The normalized spacial score (nSPS) is 13.6. The van der Waals surface area contributed by atoms with Gasteiger partial charge in [0.05, 0.1) is 19.1 Å². The van der Waals surface area contributed by atoms with Crippen molar-refractivity contribution in [1.82, 2.24) is 0 Å². The zero-order valence-electron chi connectivity index (χ0n) is 9.69. The molecule has 0 fully saturated rings. The van der Waals surface area contributed by atoms with Crippen molar-refractivity contribution >= 4 is 13.8 Å². The van der Waals surface area contributed by atoms with E-state index in [0.29, 0.717) is 6.42 Å². The molecule has 0 aromatic carbocycles. The van der Waals surface area contributed by atoms with Gasteiger partial charge in [0.2, 0.25) is 0 Å². The molecular weight excluding hydrogens is 219 g/mol. The SMILES string of the molecule is CCOP(=O)(OCC)OC(=O)C(C)CC. The van der Waals surface area contributed by atoms with Gasteiger partial charge >= 0.3 is 13.8 Å². The van der Waals surface area contributed by atoms with Gasteiger partial charge in [-0.3, -0.25) is 13.8 Å². The summed E-state index contributed by atoms with van der Waals surface area (Å²) in [7, 11) is -3.69. The summed E-state index contributed by atoms with van der Waals surface area (Å²) in [5.41, 5.74) is 0. The number of phosphoric ester groups is 1. The minimum atomic E-state index is -3.69. The molecule has 0 aromatic heterocycles. The Hall–Kier alpha value is -0.380. The van der Waals surface area contributed by atoms with Crippen LogP contribution in [0.5, 0.6) is 0 Å². The Morgan fingerprint density at radius 1 is 1.20 bits per heavy atom. The first kappa shape index (κ1) is 14.6. The van der Waals surface area contributed by atoms with Crippen molar-refractivity contribution in [3.8, 4) is 0 Å². The predicted molar refractivity (Wildman–Crippen MR) is 56.4 cm³/mol. The minimum Gasteiger partial charge on any atom is -0.370 e. The van der Waals surface area contributed by atoms with Gasteiger partial charge in [0.15, 0.2) is 0 Å². The van der Waals surface area contributed by atoms with Crippen LogP contribution in [0, 0.1) is 5.92 Å². The molecule has 6 heteroatoms. The van der Waals surface area contributed by atoms with E-state index >= 15 is 0 Å². The fraction of sp³-hybridized carbons (Fsp3) is 0.889. The van der Waals surface area contributed by atoms with E-state index in [4.69, 9.17) is 13.6 Å². The summed E-state index contributed by atoms with van der Waals surface area (Å²) in [6, 6.07) is 0. The van der Waals surface area contributed by atoms with Crippen LogP contribution in [0.15, 0.2) is 0 Å². The number of phosphoric acid groups is 1. The lowest BCUT2D eigenvalue weighted by molar-refractivity contribution is -0.140. The summed E-state index contributed by atoms with van der Waals surface area (Å²) in [6.45, 7) is 7.20. The molecule has 0 aromatic rings. The van der Waals surface area contributed by atoms with Crippen molar-refractivity contribution in [3.05, 3.63) is 0 Å². The van der Waals surface area contributed by atoms with Gasteiger partial charge in [-0.05, 0) is 20.3 Å². The van der Waals surface area contributed by atoms with Gasteiger partial charge in [0.25, 0.3) is 0 Å². The van der Waals surface area contributed by atoms with Crippen LogP contribution in [-0.4, -0.2) is 19.2 Å². The molecule has 0 rings (SSSR count). The number of hydrogen-bond acceptors (Lipinski definition) is 5. The van der Waals surface area contributed by atoms with Gasteiger partial charge < -0.3 is 4.52 Å². The summed E-state index contributed by atoms with van der Waals surface area (Å²) >= 11 is 0. The van der Waals surface area contributed by atoms with E-state index in [0.717, 1.165) is 0 Å². The molecule has 0 amide bonds.